The minimum atomic E-state index is -1.03. The zero-order chi connectivity index (χ0) is 10.4. The van der Waals surface area contributed by atoms with E-state index in [4.69, 9.17) is 5.11 Å². The van der Waals surface area contributed by atoms with Crippen LogP contribution in [0.1, 0.15) is 20.8 Å². The summed E-state index contributed by atoms with van der Waals surface area (Å²) in [6.07, 6.45) is 0. The number of carboxylic acid groups (broad SMARTS) is 1. The Kier molecular flexibility index (Phi) is 8.48. The molecule has 0 aromatic carbocycles. The van der Waals surface area contributed by atoms with E-state index in [1.165, 1.54) is 6.92 Å². The van der Waals surface area contributed by atoms with Crippen molar-refractivity contribution >= 4 is 24.3 Å². The van der Waals surface area contributed by atoms with Crippen LogP contribution in [0.4, 0.5) is 0 Å². The van der Waals surface area contributed by atoms with Crippen molar-refractivity contribution in [1.82, 2.24) is 10.6 Å². The summed E-state index contributed by atoms with van der Waals surface area (Å²) in [7, 11) is 0. The summed E-state index contributed by atoms with van der Waals surface area (Å²) in [5.74, 6) is -1.33. The van der Waals surface area contributed by atoms with Gasteiger partial charge in [-0.05, 0) is 20.4 Å². The van der Waals surface area contributed by atoms with Gasteiger partial charge in [0.25, 0.3) is 0 Å². The largest absolute Gasteiger partial charge is 0.480 e. The Labute approximate surface area is 89.7 Å². The van der Waals surface area contributed by atoms with Gasteiger partial charge in [0.2, 0.25) is 5.91 Å². The van der Waals surface area contributed by atoms with Gasteiger partial charge in [-0.25, -0.2) is 0 Å². The van der Waals surface area contributed by atoms with Gasteiger partial charge < -0.3 is 15.7 Å². The molecule has 0 radical (unpaired) electrons. The zero-order valence-corrected chi connectivity index (χ0v) is 9.35. The Morgan fingerprint density at radius 1 is 1.29 bits per heavy atom. The fraction of sp³-hybridized carbons (Fsp3) is 0.750. The molecule has 0 heterocycles. The molecule has 0 spiro atoms. The third-order valence-corrected chi connectivity index (χ3v) is 1.63. The molecule has 0 aromatic heterocycles. The van der Waals surface area contributed by atoms with Crippen molar-refractivity contribution in [3.63, 3.8) is 0 Å². The van der Waals surface area contributed by atoms with Crippen molar-refractivity contribution in [2.45, 2.75) is 32.9 Å². The molecule has 0 aromatic rings. The van der Waals surface area contributed by atoms with Gasteiger partial charge in [0.15, 0.2) is 0 Å². The molecule has 0 bridgehead atoms. The molecule has 14 heavy (non-hydrogen) atoms. The molecule has 2 atom stereocenters. The number of halogens is 1. The van der Waals surface area contributed by atoms with Gasteiger partial charge in [0.05, 0.1) is 6.04 Å². The number of likely N-dealkylation sites (N-methyl/N-ethyl adjacent to an activating group) is 1. The normalized spacial score (nSPS) is 13.6. The van der Waals surface area contributed by atoms with E-state index >= 15 is 0 Å². The highest BCUT2D eigenvalue weighted by Gasteiger charge is 2.17. The van der Waals surface area contributed by atoms with Crippen LogP contribution in [0.5, 0.6) is 0 Å². The maximum Gasteiger partial charge on any atom is 0.325 e. The number of aliphatic carboxylic acids is 1. The van der Waals surface area contributed by atoms with Crippen LogP contribution < -0.4 is 10.6 Å². The van der Waals surface area contributed by atoms with Gasteiger partial charge in [0, 0.05) is 0 Å². The Morgan fingerprint density at radius 2 is 1.79 bits per heavy atom. The molecule has 0 aliphatic rings. The molecular formula is C8H17ClN2O3. The maximum absolute atomic E-state index is 11.2. The Balaban J connectivity index is 0. The Hall–Kier alpha value is -0.810. The molecule has 0 saturated heterocycles. The van der Waals surface area contributed by atoms with Crippen molar-refractivity contribution in [2.24, 2.45) is 0 Å². The van der Waals surface area contributed by atoms with Gasteiger partial charge in [-0.1, -0.05) is 6.92 Å². The highest BCUT2D eigenvalue weighted by Crippen LogP contribution is 1.86. The summed E-state index contributed by atoms with van der Waals surface area (Å²) >= 11 is 0. The standard InChI is InChI=1S/C8H16N2O3.ClH/c1-4-9-5(2)7(11)10-6(3)8(12)13;/h5-6,9H,4H2,1-3H3,(H,10,11)(H,12,13);1H. The minimum Gasteiger partial charge on any atom is -0.480 e. The van der Waals surface area contributed by atoms with Gasteiger partial charge in [-0.2, -0.15) is 0 Å². The predicted molar refractivity (Wildman–Crippen MR) is 55.6 cm³/mol. The van der Waals surface area contributed by atoms with Crippen molar-refractivity contribution in [1.29, 1.82) is 0 Å². The van der Waals surface area contributed by atoms with Gasteiger partial charge >= 0.3 is 5.97 Å². The maximum atomic E-state index is 11.2. The lowest BCUT2D eigenvalue weighted by molar-refractivity contribution is -0.141. The van der Waals surface area contributed by atoms with E-state index in [9.17, 15) is 9.59 Å². The van der Waals surface area contributed by atoms with E-state index in [-0.39, 0.29) is 24.4 Å². The molecule has 6 heteroatoms. The molecule has 0 rings (SSSR count). The van der Waals surface area contributed by atoms with Crippen LogP contribution in [0.25, 0.3) is 0 Å². The summed E-state index contributed by atoms with van der Waals surface area (Å²) in [5, 5.41) is 13.8. The number of rotatable bonds is 5. The van der Waals surface area contributed by atoms with E-state index < -0.39 is 12.0 Å². The smallest absolute Gasteiger partial charge is 0.325 e. The van der Waals surface area contributed by atoms with Crippen LogP contribution in [0.3, 0.4) is 0 Å². The minimum absolute atomic E-state index is 0. The van der Waals surface area contributed by atoms with Gasteiger partial charge in [-0.15, -0.1) is 12.4 Å². The summed E-state index contributed by atoms with van der Waals surface area (Å²) < 4.78 is 0. The molecule has 2 unspecified atom stereocenters. The molecule has 0 fully saturated rings. The molecular weight excluding hydrogens is 208 g/mol. The first kappa shape index (κ1) is 15.7. The van der Waals surface area contributed by atoms with Crippen molar-refractivity contribution in [2.75, 3.05) is 6.54 Å². The average molecular weight is 225 g/mol. The molecule has 0 aliphatic carbocycles. The van der Waals surface area contributed by atoms with Crippen LogP contribution in [0, 0.1) is 0 Å². The first-order valence-electron chi connectivity index (χ1n) is 4.25. The first-order chi connectivity index (χ1) is 5.99. The molecule has 0 aliphatic heterocycles. The third-order valence-electron chi connectivity index (χ3n) is 1.63. The number of amides is 1. The Bertz CT molecular complexity index is 199. The van der Waals surface area contributed by atoms with Crippen molar-refractivity contribution < 1.29 is 14.7 Å². The average Bonchev–Trinajstić information content (AvgIpc) is 2.04. The number of hydrogen-bond donors (Lipinski definition) is 3. The molecule has 5 nitrogen and oxygen atoms in total. The van der Waals surface area contributed by atoms with Gasteiger partial charge in [0.1, 0.15) is 6.04 Å². The van der Waals surface area contributed by atoms with Crippen LogP contribution in [0.2, 0.25) is 0 Å². The topological polar surface area (TPSA) is 78.4 Å². The highest BCUT2D eigenvalue weighted by atomic mass is 35.5. The number of carbonyl (C=O) groups excluding carboxylic acids is 1. The highest BCUT2D eigenvalue weighted by molar-refractivity contribution is 5.86. The fourth-order valence-corrected chi connectivity index (χ4v) is 0.799. The number of carboxylic acids is 1. The second-order valence-corrected chi connectivity index (χ2v) is 2.85. The van der Waals surface area contributed by atoms with Gasteiger partial charge in [-0.3, -0.25) is 9.59 Å². The lowest BCUT2D eigenvalue weighted by Crippen LogP contribution is -2.47. The van der Waals surface area contributed by atoms with Crippen molar-refractivity contribution in [3.05, 3.63) is 0 Å². The lowest BCUT2D eigenvalue weighted by Gasteiger charge is -2.14. The number of carbonyl (C=O) groups is 2. The van der Waals surface area contributed by atoms with Crippen LogP contribution in [-0.2, 0) is 9.59 Å². The first-order valence-corrected chi connectivity index (χ1v) is 4.25. The molecule has 1 amide bonds. The van der Waals surface area contributed by atoms with E-state index in [2.05, 4.69) is 10.6 Å². The van der Waals surface area contributed by atoms with E-state index in [1.807, 2.05) is 6.92 Å². The summed E-state index contributed by atoms with van der Waals surface area (Å²) in [5.41, 5.74) is 0. The predicted octanol–water partition coefficient (Wildman–Crippen LogP) is -0.00450. The van der Waals surface area contributed by atoms with Crippen molar-refractivity contribution in [3.8, 4) is 0 Å². The monoisotopic (exact) mass is 224 g/mol. The summed E-state index contributed by atoms with van der Waals surface area (Å²) in [6.45, 7) is 5.67. The number of nitrogens with one attached hydrogen (secondary N) is 2. The second kappa shape index (κ2) is 7.58. The van der Waals surface area contributed by atoms with Crippen LogP contribution >= 0.6 is 12.4 Å². The summed E-state index contributed by atoms with van der Waals surface area (Å²) in [6, 6.07) is -1.19. The molecule has 0 saturated carbocycles. The number of hydrogen-bond acceptors (Lipinski definition) is 3. The Morgan fingerprint density at radius 3 is 2.14 bits per heavy atom. The fourth-order valence-electron chi connectivity index (χ4n) is 0.799. The quantitative estimate of drug-likeness (QED) is 0.614. The SMILES string of the molecule is CCNC(C)C(=O)NC(C)C(=O)O.Cl. The van der Waals surface area contributed by atoms with E-state index in [1.54, 1.807) is 6.92 Å². The lowest BCUT2D eigenvalue weighted by atomic mass is 10.2. The molecule has 84 valence electrons. The third kappa shape index (κ3) is 5.77. The van der Waals surface area contributed by atoms with Crippen LogP contribution in [-0.4, -0.2) is 35.6 Å². The van der Waals surface area contributed by atoms with E-state index in [0.717, 1.165) is 0 Å². The second-order valence-electron chi connectivity index (χ2n) is 2.85. The molecule has 3 N–H and O–H groups in total. The summed E-state index contributed by atoms with van der Waals surface area (Å²) in [4.78, 5) is 21.6. The zero-order valence-electron chi connectivity index (χ0n) is 8.53. The van der Waals surface area contributed by atoms with E-state index in [0.29, 0.717) is 6.54 Å². The van der Waals surface area contributed by atoms with Crippen LogP contribution in [0.15, 0.2) is 0 Å².